The molecule has 0 aromatic heterocycles. The van der Waals surface area contributed by atoms with Crippen molar-refractivity contribution in [2.75, 3.05) is 7.11 Å². The topological polar surface area (TPSA) is 18.5 Å². The van der Waals surface area contributed by atoms with Crippen molar-refractivity contribution in [2.24, 2.45) is 0 Å². The van der Waals surface area contributed by atoms with Crippen LogP contribution in [0.2, 0.25) is 5.02 Å². The van der Waals surface area contributed by atoms with Crippen LogP contribution >= 0.6 is 11.6 Å². The number of hydrogen-bond acceptors (Lipinski definition) is 2. The van der Waals surface area contributed by atoms with Crippen LogP contribution in [0.1, 0.15) is 13.8 Å². The van der Waals surface area contributed by atoms with Crippen LogP contribution in [0.25, 0.3) is 0 Å². The molecule has 0 amide bonds. The Kier molecular flexibility index (Phi) is 3.43. The largest absolute Gasteiger partial charge is 0.491 e. The maximum absolute atomic E-state index is 5.91. The summed E-state index contributed by atoms with van der Waals surface area (Å²) in [4.78, 5) is 0. The number of methoxy groups -OCH3 is 1. The molecule has 0 spiro atoms. The Balaban J connectivity index is 2.98. The molecule has 13 heavy (non-hydrogen) atoms. The van der Waals surface area contributed by atoms with E-state index in [9.17, 15) is 0 Å². The van der Waals surface area contributed by atoms with Gasteiger partial charge in [0.1, 0.15) is 0 Å². The summed E-state index contributed by atoms with van der Waals surface area (Å²) in [5.41, 5.74) is 0. The first-order valence-electron chi connectivity index (χ1n) is 4.14. The lowest BCUT2D eigenvalue weighted by atomic mass is 10.3. The van der Waals surface area contributed by atoms with Crippen LogP contribution in [-0.2, 0) is 0 Å². The highest BCUT2D eigenvalue weighted by Crippen LogP contribution is 2.34. The van der Waals surface area contributed by atoms with Gasteiger partial charge in [-0.15, -0.1) is 0 Å². The van der Waals surface area contributed by atoms with Gasteiger partial charge in [-0.05, 0) is 26.0 Å². The van der Waals surface area contributed by atoms with Gasteiger partial charge in [0, 0.05) is 0 Å². The van der Waals surface area contributed by atoms with Gasteiger partial charge in [0.2, 0.25) is 0 Å². The molecule has 72 valence electrons. The fourth-order valence-electron chi connectivity index (χ4n) is 1.03. The SMILES string of the molecule is COc1c(Cl)cccc1OC(C)C. The normalized spacial score (nSPS) is 10.2. The van der Waals surface area contributed by atoms with Gasteiger partial charge in [0.15, 0.2) is 11.5 Å². The Morgan fingerprint density at radius 3 is 2.54 bits per heavy atom. The molecule has 0 radical (unpaired) electrons. The Hall–Kier alpha value is -0.890. The zero-order valence-corrected chi connectivity index (χ0v) is 8.76. The molecule has 1 rings (SSSR count). The molecular formula is C10H13ClO2. The van der Waals surface area contributed by atoms with Crippen LogP contribution in [0.3, 0.4) is 0 Å². The van der Waals surface area contributed by atoms with Crippen molar-refractivity contribution in [3.63, 3.8) is 0 Å². The molecule has 0 heterocycles. The molecule has 0 aliphatic heterocycles. The number of para-hydroxylation sites is 1. The minimum absolute atomic E-state index is 0.118. The van der Waals surface area contributed by atoms with Crippen LogP contribution in [-0.4, -0.2) is 13.2 Å². The Morgan fingerprint density at radius 1 is 1.31 bits per heavy atom. The summed E-state index contributed by atoms with van der Waals surface area (Å²) in [5, 5.41) is 0.570. The van der Waals surface area contributed by atoms with Crippen molar-refractivity contribution in [2.45, 2.75) is 20.0 Å². The lowest BCUT2D eigenvalue weighted by Crippen LogP contribution is -2.06. The Bertz CT molecular complexity index is 284. The molecule has 0 aliphatic rings. The number of rotatable bonds is 3. The number of benzene rings is 1. The Labute approximate surface area is 83.4 Å². The quantitative estimate of drug-likeness (QED) is 0.747. The van der Waals surface area contributed by atoms with Crippen molar-refractivity contribution < 1.29 is 9.47 Å². The van der Waals surface area contributed by atoms with Crippen LogP contribution in [0.5, 0.6) is 11.5 Å². The van der Waals surface area contributed by atoms with Gasteiger partial charge in [-0.25, -0.2) is 0 Å². The predicted octanol–water partition coefficient (Wildman–Crippen LogP) is 3.14. The van der Waals surface area contributed by atoms with E-state index in [2.05, 4.69) is 0 Å². The number of hydrogen-bond donors (Lipinski definition) is 0. The van der Waals surface area contributed by atoms with Gasteiger partial charge in [-0.1, -0.05) is 17.7 Å². The average Bonchev–Trinajstić information content (AvgIpc) is 2.03. The molecular weight excluding hydrogens is 188 g/mol. The molecule has 0 saturated carbocycles. The summed E-state index contributed by atoms with van der Waals surface area (Å²) < 4.78 is 10.6. The predicted molar refractivity (Wildman–Crippen MR) is 53.8 cm³/mol. The van der Waals surface area contributed by atoms with Crippen molar-refractivity contribution >= 4 is 11.6 Å². The molecule has 0 saturated heterocycles. The van der Waals surface area contributed by atoms with Gasteiger partial charge in [-0.2, -0.15) is 0 Å². The fraction of sp³-hybridized carbons (Fsp3) is 0.400. The van der Waals surface area contributed by atoms with Crippen molar-refractivity contribution in [1.29, 1.82) is 0 Å². The molecule has 0 atom stereocenters. The van der Waals surface area contributed by atoms with Crippen LogP contribution in [0.15, 0.2) is 18.2 Å². The van der Waals surface area contributed by atoms with E-state index in [0.717, 1.165) is 0 Å². The molecule has 0 unspecified atom stereocenters. The third kappa shape index (κ3) is 2.52. The summed E-state index contributed by atoms with van der Waals surface area (Å²) >= 11 is 5.91. The first-order chi connectivity index (χ1) is 6.15. The summed E-state index contributed by atoms with van der Waals surface area (Å²) in [5.74, 6) is 1.28. The molecule has 1 aromatic rings. The molecule has 2 nitrogen and oxygen atoms in total. The van der Waals surface area contributed by atoms with E-state index in [0.29, 0.717) is 16.5 Å². The maximum atomic E-state index is 5.91. The van der Waals surface area contributed by atoms with E-state index in [1.807, 2.05) is 26.0 Å². The summed E-state index contributed by atoms with van der Waals surface area (Å²) in [6.07, 6.45) is 0.118. The van der Waals surface area contributed by atoms with Crippen LogP contribution in [0, 0.1) is 0 Å². The van der Waals surface area contributed by atoms with Crippen LogP contribution < -0.4 is 9.47 Å². The zero-order chi connectivity index (χ0) is 9.84. The van der Waals surface area contributed by atoms with Crippen LogP contribution in [0.4, 0.5) is 0 Å². The van der Waals surface area contributed by atoms with Crippen molar-refractivity contribution in [3.8, 4) is 11.5 Å². The molecule has 0 bridgehead atoms. The van der Waals surface area contributed by atoms with E-state index < -0.39 is 0 Å². The molecule has 0 N–H and O–H groups in total. The van der Waals surface area contributed by atoms with E-state index >= 15 is 0 Å². The second kappa shape index (κ2) is 4.38. The minimum Gasteiger partial charge on any atom is -0.491 e. The van der Waals surface area contributed by atoms with Gasteiger partial charge >= 0.3 is 0 Å². The summed E-state index contributed by atoms with van der Waals surface area (Å²) in [6.45, 7) is 3.92. The maximum Gasteiger partial charge on any atom is 0.179 e. The second-order valence-corrected chi connectivity index (χ2v) is 3.35. The third-order valence-electron chi connectivity index (χ3n) is 1.50. The van der Waals surface area contributed by atoms with E-state index in [1.165, 1.54) is 0 Å². The number of ether oxygens (including phenoxy) is 2. The molecule has 0 aliphatic carbocycles. The number of halogens is 1. The van der Waals surface area contributed by atoms with Crippen molar-refractivity contribution in [1.82, 2.24) is 0 Å². The average molecular weight is 201 g/mol. The van der Waals surface area contributed by atoms with E-state index in [4.69, 9.17) is 21.1 Å². The first kappa shape index (κ1) is 10.2. The van der Waals surface area contributed by atoms with E-state index in [-0.39, 0.29) is 6.10 Å². The third-order valence-corrected chi connectivity index (χ3v) is 1.80. The molecule has 1 aromatic carbocycles. The monoisotopic (exact) mass is 200 g/mol. The fourth-order valence-corrected chi connectivity index (χ4v) is 1.28. The second-order valence-electron chi connectivity index (χ2n) is 2.94. The lowest BCUT2D eigenvalue weighted by Gasteiger charge is -2.13. The van der Waals surface area contributed by atoms with Gasteiger partial charge in [0.05, 0.1) is 18.2 Å². The summed E-state index contributed by atoms with van der Waals surface area (Å²) in [6, 6.07) is 5.45. The van der Waals surface area contributed by atoms with Crippen molar-refractivity contribution in [3.05, 3.63) is 23.2 Å². The standard InChI is InChI=1S/C10H13ClO2/c1-7(2)13-9-6-4-5-8(11)10(9)12-3/h4-7H,1-3H3. The Morgan fingerprint density at radius 2 is 2.00 bits per heavy atom. The lowest BCUT2D eigenvalue weighted by molar-refractivity contribution is 0.230. The minimum atomic E-state index is 0.118. The van der Waals surface area contributed by atoms with E-state index in [1.54, 1.807) is 13.2 Å². The van der Waals surface area contributed by atoms with Gasteiger partial charge in [-0.3, -0.25) is 0 Å². The van der Waals surface area contributed by atoms with Gasteiger partial charge in [0.25, 0.3) is 0 Å². The molecule has 3 heteroatoms. The highest BCUT2D eigenvalue weighted by atomic mass is 35.5. The smallest absolute Gasteiger partial charge is 0.179 e. The highest BCUT2D eigenvalue weighted by molar-refractivity contribution is 6.32. The summed E-state index contributed by atoms with van der Waals surface area (Å²) in [7, 11) is 1.58. The zero-order valence-electron chi connectivity index (χ0n) is 8.00. The highest BCUT2D eigenvalue weighted by Gasteiger charge is 2.08. The molecule has 0 fully saturated rings. The van der Waals surface area contributed by atoms with Gasteiger partial charge < -0.3 is 9.47 Å². The first-order valence-corrected chi connectivity index (χ1v) is 4.52.